The molecule has 6 heterocycles. The van der Waals surface area contributed by atoms with Crippen LogP contribution in [0, 0.1) is 0 Å². The lowest BCUT2D eigenvalue weighted by Crippen LogP contribution is -2.49. The molecule has 0 spiro atoms. The van der Waals surface area contributed by atoms with Gasteiger partial charge in [-0.2, -0.15) is 0 Å². The van der Waals surface area contributed by atoms with Crippen LogP contribution in [0.25, 0.3) is 88.5 Å². The second kappa shape index (κ2) is 24.1. The molecule has 0 saturated carbocycles. The molecule has 0 amide bonds. The molecule has 0 atom stereocenters. The molecule has 14 aromatic carbocycles. The van der Waals surface area contributed by atoms with Crippen LogP contribution in [-0.2, 0) is 0 Å². The number of anilines is 12. The summed E-state index contributed by atoms with van der Waals surface area (Å²) in [4.78, 5) is 9.30. The van der Waals surface area contributed by atoms with Gasteiger partial charge < -0.3 is 37.3 Å². The van der Waals surface area contributed by atoms with Crippen molar-refractivity contribution in [2.75, 3.05) is 19.6 Å². The lowest BCUT2D eigenvalue weighted by atomic mass is 10.1. The van der Waals surface area contributed by atoms with Crippen LogP contribution in [0.5, 0.6) is 0 Å². The van der Waals surface area contributed by atoms with E-state index in [2.05, 4.69) is 361 Å². The van der Waals surface area contributed by atoms with Crippen molar-refractivity contribution in [2.45, 2.75) is 26.2 Å². The molecule has 0 bridgehead atoms. The van der Waals surface area contributed by atoms with Crippen LogP contribution < -0.4 is 40.3 Å². The Balaban J connectivity index is 0.000000147. The van der Waals surface area contributed by atoms with Crippen LogP contribution in [0.2, 0.25) is 26.2 Å². The molecule has 18 aromatic rings. The van der Waals surface area contributed by atoms with Gasteiger partial charge in [-0.05, 0) is 178 Å². The summed E-state index contributed by atoms with van der Waals surface area (Å²) in [6.45, 7) is 9.81. The van der Waals surface area contributed by atoms with Gasteiger partial charge in [0.25, 0.3) is 0 Å². The Bertz CT molecular complexity index is 6150. The van der Waals surface area contributed by atoms with Crippen LogP contribution >= 0.6 is 0 Å². The van der Waals surface area contributed by atoms with E-state index >= 15 is 0 Å². The molecular formula is C92H68N4O4Si2. The third-order valence-corrected chi connectivity index (χ3v) is 27.9. The maximum absolute atomic E-state index is 7.10. The molecule has 2 aliphatic heterocycles. The van der Waals surface area contributed by atoms with E-state index in [0.29, 0.717) is 0 Å². The van der Waals surface area contributed by atoms with Crippen molar-refractivity contribution < 1.29 is 17.7 Å². The summed E-state index contributed by atoms with van der Waals surface area (Å²) in [5, 5.41) is 12.3. The Kier molecular flexibility index (Phi) is 14.3. The van der Waals surface area contributed by atoms with Crippen molar-refractivity contribution in [2.24, 2.45) is 0 Å². The van der Waals surface area contributed by atoms with Gasteiger partial charge >= 0.3 is 0 Å². The lowest BCUT2D eigenvalue weighted by Gasteiger charge is -2.27. The molecule has 4 aromatic heterocycles. The zero-order chi connectivity index (χ0) is 68.2. The highest BCUT2D eigenvalue weighted by molar-refractivity contribution is 7.05. The zero-order valence-electron chi connectivity index (χ0n) is 56.8. The Hall–Kier alpha value is -12.6. The van der Waals surface area contributed by atoms with E-state index in [4.69, 9.17) is 17.7 Å². The number of rotatable bonds is 12. The average molecular weight is 1350 g/mol. The van der Waals surface area contributed by atoms with Crippen molar-refractivity contribution >= 4 is 171 Å². The Morgan fingerprint density at radius 2 is 0.510 bits per heavy atom. The minimum atomic E-state index is -2.16. The topological polar surface area (TPSA) is 65.5 Å². The molecule has 0 saturated heterocycles. The number of benzene rings is 14. The predicted molar refractivity (Wildman–Crippen MR) is 430 cm³/mol. The van der Waals surface area contributed by atoms with Crippen LogP contribution in [0.15, 0.2) is 357 Å². The van der Waals surface area contributed by atoms with Crippen LogP contribution in [0.4, 0.5) is 68.2 Å². The first-order chi connectivity index (χ1) is 50.1. The summed E-state index contributed by atoms with van der Waals surface area (Å²) in [6.07, 6.45) is 0. The highest BCUT2D eigenvalue weighted by Gasteiger charge is 2.44. The molecule has 2 aliphatic rings. The molecule has 0 N–H and O–H groups in total. The summed E-state index contributed by atoms with van der Waals surface area (Å²) in [5.41, 5.74) is 20.7. The molecule has 10 heteroatoms. The Labute approximate surface area is 593 Å². The van der Waals surface area contributed by atoms with E-state index < -0.39 is 16.1 Å². The first-order valence-electron chi connectivity index (χ1n) is 34.9. The predicted octanol–water partition coefficient (Wildman–Crippen LogP) is 24.1. The molecule has 102 heavy (non-hydrogen) atoms. The maximum Gasteiger partial charge on any atom is 0.137 e. The van der Waals surface area contributed by atoms with Crippen LogP contribution in [0.1, 0.15) is 0 Å². The standard InChI is InChI=1S/C52H36N2O3Si.C40H32N2OSi/c1-58(2)48-30-28-35(53(33-15-5-3-6-16-33)41-21-13-25-45-49(41)37-19-9-11-23-43(37)55-45)31-40(48)51-52(58)39-29-27-36(32-47(39)57-51)54(34-17-7-4-8-18-34)42-22-14-26-46-50(42)38-20-10-12-24-44(38)56-46;1-44(2)38-26-24-33(41(29-15-7-3-8-16-29)30-17-9-4-10-18-30)27-36(38)39-40(44)35-25-23-34(28-37(35)43-39)42(31-19-11-5-12-20-31)32-21-13-6-14-22-32/h3-32H,1-2H3;3-28H,1-2H3. The van der Waals surface area contributed by atoms with E-state index in [1.807, 2.05) is 24.3 Å². The first kappa shape index (κ1) is 60.6. The summed E-state index contributed by atoms with van der Waals surface area (Å²) in [6, 6.07) is 120. The number of nitrogens with zero attached hydrogens (tertiary/aromatic N) is 4. The molecule has 0 unspecified atom stereocenters. The van der Waals surface area contributed by atoms with Gasteiger partial charge in [-0.1, -0.05) is 196 Å². The summed E-state index contributed by atoms with van der Waals surface area (Å²) < 4.78 is 26.7. The second-order valence-electron chi connectivity index (χ2n) is 27.5. The monoisotopic (exact) mass is 1350 g/mol. The molecule has 20 rings (SSSR count). The fourth-order valence-electron chi connectivity index (χ4n) is 16.2. The van der Waals surface area contributed by atoms with E-state index in [1.165, 1.54) is 42.6 Å². The molecule has 0 fully saturated rings. The summed E-state index contributed by atoms with van der Waals surface area (Å²) in [7, 11) is -4.17. The third-order valence-electron chi connectivity index (χ3n) is 20.8. The zero-order valence-corrected chi connectivity index (χ0v) is 58.8. The smallest absolute Gasteiger partial charge is 0.137 e. The molecule has 0 radical (unpaired) electrons. The highest BCUT2D eigenvalue weighted by Crippen LogP contribution is 2.49. The first-order valence-corrected chi connectivity index (χ1v) is 40.9. The Morgan fingerprint density at radius 1 is 0.216 bits per heavy atom. The Morgan fingerprint density at radius 3 is 0.882 bits per heavy atom. The molecule has 8 nitrogen and oxygen atoms in total. The number of fused-ring (bicyclic) bond motifs is 16. The van der Waals surface area contributed by atoms with Crippen molar-refractivity contribution in [3.05, 3.63) is 340 Å². The van der Waals surface area contributed by atoms with Crippen molar-refractivity contribution in [1.29, 1.82) is 0 Å². The van der Waals surface area contributed by atoms with Gasteiger partial charge in [0.15, 0.2) is 0 Å². The van der Waals surface area contributed by atoms with Crippen molar-refractivity contribution in [3.63, 3.8) is 0 Å². The van der Waals surface area contributed by atoms with E-state index in [-0.39, 0.29) is 0 Å². The molecule has 0 aliphatic carbocycles. The summed E-state index contributed by atoms with van der Waals surface area (Å²) in [5.74, 6) is 2.01. The molecular weight excluding hydrogens is 1280 g/mol. The fraction of sp³-hybridized carbons (Fsp3) is 0.0435. The fourth-order valence-corrected chi connectivity index (χ4v) is 22.8. The largest absolute Gasteiger partial charge is 0.456 e. The van der Waals surface area contributed by atoms with E-state index in [1.54, 1.807) is 0 Å². The number of para-hydroxylation sites is 8. The minimum absolute atomic E-state index is 0.861. The van der Waals surface area contributed by atoms with Gasteiger partial charge in [-0.15, -0.1) is 0 Å². The van der Waals surface area contributed by atoms with Gasteiger partial charge in [-0.25, -0.2) is 0 Å². The van der Waals surface area contributed by atoms with Gasteiger partial charge in [-0.3, -0.25) is 0 Å². The van der Waals surface area contributed by atoms with Gasteiger partial charge in [0.2, 0.25) is 0 Å². The van der Waals surface area contributed by atoms with Gasteiger partial charge in [0, 0.05) is 102 Å². The average Bonchev–Trinajstić information content (AvgIpc) is 1.55. The number of hydrogen-bond donors (Lipinski definition) is 0. The summed E-state index contributed by atoms with van der Waals surface area (Å²) >= 11 is 0. The van der Waals surface area contributed by atoms with Gasteiger partial charge in [0.05, 0.1) is 22.1 Å². The lowest BCUT2D eigenvalue weighted by molar-refractivity contribution is 0.634. The van der Waals surface area contributed by atoms with E-state index in [0.717, 1.165) is 135 Å². The van der Waals surface area contributed by atoms with Crippen molar-refractivity contribution in [3.8, 4) is 22.6 Å². The van der Waals surface area contributed by atoms with E-state index in [9.17, 15) is 0 Å². The normalized spacial score (nSPS) is 13.1. The van der Waals surface area contributed by atoms with Gasteiger partial charge in [0.1, 0.15) is 61.2 Å². The maximum atomic E-state index is 7.10. The van der Waals surface area contributed by atoms with Crippen LogP contribution in [-0.4, -0.2) is 16.1 Å². The highest BCUT2D eigenvalue weighted by atomic mass is 28.3. The van der Waals surface area contributed by atoms with Crippen LogP contribution in [0.3, 0.4) is 0 Å². The quantitative estimate of drug-likeness (QED) is 0.112. The molecule has 488 valence electrons. The minimum Gasteiger partial charge on any atom is -0.456 e. The second-order valence-corrected chi connectivity index (χ2v) is 36.1. The van der Waals surface area contributed by atoms with Crippen molar-refractivity contribution in [1.82, 2.24) is 0 Å². The number of furan rings is 4. The number of hydrogen-bond acceptors (Lipinski definition) is 8. The SMILES string of the molecule is C[Si]1(C)c2ccc(N(c3ccccc3)c3cccc4oc5ccccc5c34)cc2-c2oc3cc(N(c4ccccc4)c4cccc5oc6ccccc6c45)ccc3c21.C[Si]1(C)c2ccc(N(c3ccccc3)c3ccccc3)cc2-c2oc3cc(N(c4ccccc4)c4ccccc4)ccc3c21. The third kappa shape index (κ3) is 9.85.